The topological polar surface area (TPSA) is 28.4 Å². The third kappa shape index (κ3) is 5.71. The molecule has 120 valence electrons. The molecule has 0 radical (unpaired) electrons. The molecule has 0 aliphatic heterocycles. The van der Waals surface area contributed by atoms with E-state index in [0.29, 0.717) is 13.1 Å². The summed E-state index contributed by atoms with van der Waals surface area (Å²) < 4.78 is 43.4. The molecular formula is C15H23F3N2O. The van der Waals surface area contributed by atoms with Crippen LogP contribution in [0.3, 0.4) is 0 Å². The van der Waals surface area contributed by atoms with E-state index in [9.17, 15) is 13.2 Å². The highest BCUT2D eigenvalue weighted by Crippen LogP contribution is 2.32. The number of halogens is 3. The molecule has 1 aliphatic rings. The quantitative estimate of drug-likeness (QED) is 0.869. The van der Waals surface area contributed by atoms with Gasteiger partial charge >= 0.3 is 6.18 Å². The number of hydrogen-bond acceptors (Lipinski definition) is 3. The first-order chi connectivity index (χ1) is 9.64. The van der Waals surface area contributed by atoms with E-state index in [2.05, 4.69) is 5.32 Å². The van der Waals surface area contributed by atoms with Crippen LogP contribution in [0.25, 0.3) is 0 Å². The fourth-order valence-corrected chi connectivity index (χ4v) is 2.21. The van der Waals surface area contributed by atoms with E-state index in [0.717, 1.165) is 24.2 Å². The molecular weight excluding hydrogens is 281 g/mol. The third-order valence-electron chi connectivity index (χ3n) is 3.44. The Labute approximate surface area is 123 Å². The van der Waals surface area contributed by atoms with E-state index in [-0.39, 0.29) is 11.6 Å². The van der Waals surface area contributed by atoms with Crippen molar-refractivity contribution in [2.75, 3.05) is 6.54 Å². The van der Waals surface area contributed by atoms with Gasteiger partial charge in [-0.15, -0.1) is 0 Å². The summed E-state index contributed by atoms with van der Waals surface area (Å²) in [6.07, 6.45) is -0.906. The average molecular weight is 304 g/mol. The monoisotopic (exact) mass is 304 g/mol. The van der Waals surface area contributed by atoms with Crippen LogP contribution in [0.4, 0.5) is 13.2 Å². The molecule has 0 saturated heterocycles. The molecule has 0 aromatic carbocycles. The maximum atomic E-state index is 12.6. The van der Waals surface area contributed by atoms with Crippen molar-refractivity contribution in [2.45, 2.75) is 64.5 Å². The van der Waals surface area contributed by atoms with Crippen molar-refractivity contribution in [1.29, 1.82) is 0 Å². The summed E-state index contributed by atoms with van der Waals surface area (Å²) in [6, 6.07) is 1.83. The predicted molar refractivity (Wildman–Crippen MR) is 74.8 cm³/mol. The molecule has 1 saturated carbocycles. The lowest BCUT2D eigenvalue weighted by molar-refractivity contribution is -0.148. The minimum atomic E-state index is -4.16. The minimum absolute atomic E-state index is 0.0601. The Kier molecular flexibility index (Phi) is 4.68. The van der Waals surface area contributed by atoms with Gasteiger partial charge in [0.25, 0.3) is 0 Å². The molecule has 1 fully saturated rings. The van der Waals surface area contributed by atoms with Crippen LogP contribution in [0.2, 0.25) is 0 Å². The zero-order chi connectivity index (χ0) is 15.7. The summed E-state index contributed by atoms with van der Waals surface area (Å²) >= 11 is 0. The lowest BCUT2D eigenvalue weighted by Crippen LogP contribution is -2.37. The van der Waals surface area contributed by atoms with Gasteiger partial charge in [0.1, 0.15) is 5.76 Å². The zero-order valence-corrected chi connectivity index (χ0v) is 12.8. The van der Waals surface area contributed by atoms with Gasteiger partial charge in [-0.1, -0.05) is 0 Å². The first-order valence-electron chi connectivity index (χ1n) is 7.25. The average Bonchev–Trinajstić information content (AvgIpc) is 3.05. The molecule has 1 N–H and O–H groups in total. The van der Waals surface area contributed by atoms with Crippen LogP contribution >= 0.6 is 0 Å². The Balaban J connectivity index is 1.99. The van der Waals surface area contributed by atoms with Crippen LogP contribution in [0.15, 0.2) is 16.7 Å². The molecule has 0 amide bonds. The van der Waals surface area contributed by atoms with Gasteiger partial charge in [-0.2, -0.15) is 13.2 Å². The highest BCUT2D eigenvalue weighted by Gasteiger charge is 2.38. The van der Waals surface area contributed by atoms with Crippen molar-refractivity contribution < 1.29 is 17.6 Å². The maximum absolute atomic E-state index is 12.6. The van der Waals surface area contributed by atoms with Gasteiger partial charge in [0.2, 0.25) is 0 Å². The lowest BCUT2D eigenvalue weighted by Gasteiger charge is -2.24. The Hall–Kier alpha value is -1.01. The Morgan fingerprint density at radius 3 is 2.48 bits per heavy atom. The van der Waals surface area contributed by atoms with Crippen molar-refractivity contribution in [3.63, 3.8) is 0 Å². The van der Waals surface area contributed by atoms with Crippen molar-refractivity contribution >= 4 is 0 Å². The normalized spacial score (nSPS) is 16.7. The van der Waals surface area contributed by atoms with Crippen molar-refractivity contribution in [2.24, 2.45) is 0 Å². The number of nitrogens with zero attached hydrogens (tertiary/aromatic N) is 1. The third-order valence-corrected chi connectivity index (χ3v) is 3.44. The number of hydrogen-bond donors (Lipinski definition) is 1. The van der Waals surface area contributed by atoms with Crippen LogP contribution in [-0.2, 0) is 13.1 Å². The second-order valence-corrected chi connectivity index (χ2v) is 6.72. The molecule has 3 nitrogen and oxygen atoms in total. The van der Waals surface area contributed by atoms with Gasteiger partial charge in [0.05, 0.1) is 19.4 Å². The zero-order valence-electron chi connectivity index (χ0n) is 12.8. The first kappa shape index (κ1) is 16.4. The van der Waals surface area contributed by atoms with Crippen LogP contribution in [-0.4, -0.2) is 29.2 Å². The van der Waals surface area contributed by atoms with Crippen LogP contribution < -0.4 is 5.32 Å². The number of rotatable bonds is 6. The largest absolute Gasteiger partial charge is 0.468 e. The van der Waals surface area contributed by atoms with E-state index >= 15 is 0 Å². The summed E-state index contributed by atoms with van der Waals surface area (Å²) in [5, 5.41) is 3.30. The maximum Gasteiger partial charge on any atom is 0.401 e. The van der Waals surface area contributed by atoms with Crippen molar-refractivity contribution in [3.8, 4) is 0 Å². The highest BCUT2D eigenvalue weighted by molar-refractivity contribution is 5.17. The van der Waals surface area contributed by atoms with E-state index in [1.165, 1.54) is 4.90 Å². The van der Waals surface area contributed by atoms with Gasteiger partial charge < -0.3 is 9.73 Å². The molecule has 2 rings (SSSR count). The minimum Gasteiger partial charge on any atom is -0.468 e. The molecule has 1 aliphatic carbocycles. The van der Waals surface area contributed by atoms with Crippen LogP contribution in [0.5, 0.6) is 0 Å². The fourth-order valence-electron chi connectivity index (χ4n) is 2.21. The van der Waals surface area contributed by atoms with Crippen LogP contribution in [0.1, 0.15) is 44.9 Å². The van der Waals surface area contributed by atoms with Gasteiger partial charge in [-0.25, -0.2) is 0 Å². The number of furan rings is 1. The second kappa shape index (κ2) is 6.01. The molecule has 21 heavy (non-hydrogen) atoms. The fraction of sp³-hybridized carbons (Fsp3) is 0.733. The summed E-state index contributed by atoms with van der Waals surface area (Å²) in [7, 11) is 0. The predicted octanol–water partition coefficient (Wildman–Crippen LogP) is 3.69. The summed E-state index contributed by atoms with van der Waals surface area (Å²) in [5.74, 6) is 0.720. The first-order valence-corrected chi connectivity index (χ1v) is 7.25. The lowest BCUT2D eigenvalue weighted by atomic mass is 10.1. The van der Waals surface area contributed by atoms with Gasteiger partial charge in [-0.3, -0.25) is 4.90 Å². The van der Waals surface area contributed by atoms with Gasteiger partial charge in [0.15, 0.2) is 0 Å². The SMILES string of the molecule is CC(C)(C)NCc1occc1CN(CC(F)(F)F)C1CC1. The Bertz CT molecular complexity index is 458. The van der Waals surface area contributed by atoms with E-state index < -0.39 is 12.7 Å². The van der Waals surface area contributed by atoms with Crippen molar-refractivity contribution in [3.05, 3.63) is 23.7 Å². The van der Waals surface area contributed by atoms with E-state index in [1.54, 1.807) is 12.3 Å². The Morgan fingerprint density at radius 2 is 1.95 bits per heavy atom. The highest BCUT2D eigenvalue weighted by atomic mass is 19.4. The van der Waals surface area contributed by atoms with Crippen LogP contribution in [0, 0.1) is 0 Å². The molecule has 0 bridgehead atoms. The molecule has 0 spiro atoms. The number of alkyl halides is 3. The number of nitrogens with one attached hydrogen (secondary N) is 1. The molecule has 1 heterocycles. The molecule has 0 unspecified atom stereocenters. The molecule has 1 aromatic heterocycles. The Morgan fingerprint density at radius 1 is 1.29 bits per heavy atom. The van der Waals surface area contributed by atoms with Gasteiger partial charge in [0, 0.05) is 23.7 Å². The smallest absolute Gasteiger partial charge is 0.401 e. The standard InChI is InChI=1S/C15H23F3N2O/c1-14(2,3)19-8-13-11(6-7-21-13)9-20(12-4-5-12)10-15(16,17)18/h6-7,12,19H,4-5,8-10H2,1-3H3. The summed E-state index contributed by atoms with van der Waals surface area (Å²) in [5.41, 5.74) is 0.773. The molecule has 1 aromatic rings. The second-order valence-electron chi connectivity index (χ2n) is 6.72. The van der Waals surface area contributed by atoms with Gasteiger partial charge in [-0.05, 0) is 39.7 Å². The molecule has 6 heteroatoms. The summed E-state index contributed by atoms with van der Waals surface area (Å²) in [6.45, 7) is 6.08. The van der Waals surface area contributed by atoms with E-state index in [4.69, 9.17) is 4.42 Å². The summed E-state index contributed by atoms with van der Waals surface area (Å²) in [4.78, 5) is 1.51. The molecule has 0 atom stereocenters. The van der Waals surface area contributed by atoms with Crippen molar-refractivity contribution in [1.82, 2.24) is 10.2 Å². The van der Waals surface area contributed by atoms with E-state index in [1.807, 2.05) is 20.8 Å².